The molecule has 160 valence electrons. The van der Waals surface area contributed by atoms with Gasteiger partial charge in [0.25, 0.3) is 5.91 Å². The summed E-state index contributed by atoms with van der Waals surface area (Å²) in [5.41, 5.74) is 7.85. The number of aromatic amines is 1. The molecule has 29 heavy (non-hydrogen) atoms. The minimum absolute atomic E-state index is 0. The maximum absolute atomic E-state index is 12.5. The lowest BCUT2D eigenvalue weighted by Gasteiger charge is -2.39. The zero-order valence-corrected chi connectivity index (χ0v) is 18.7. The number of likely N-dealkylation sites (tertiary alicyclic amines) is 1. The molecule has 1 atom stereocenters. The van der Waals surface area contributed by atoms with Crippen molar-refractivity contribution in [2.24, 2.45) is 5.92 Å². The highest BCUT2D eigenvalue weighted by Crippen LogP contribution is 2.31. The zero-order valence-electron chi connectivity index (χ0n) is 17.1. The van der Waals surface area contributed by atoms with E-state index in [9.17, 15) is 4.79 Å². The van der Waals surface area contributed by atoms with Crippen molar-refractivity contribution >= 4 is 34.8 Å². The Labute approximate surface area is 183 Å². The van der Waals surface area contributed by atoms with Gasteiger partial charge in [-0.3, -0.25) is 9.69 Å². The summed E-state index contributed by atoms with van der Waals surface area (Å²) in [4.78, 5) is 26.1. The SMILES string of the molecule is CCCN(CC1CCN(C(=O)c2ccc[nH]2)CC1)[C@H]1CCc2nc(N)sc2C1.Cl. The van der Waals surface area contributed by atoms with E-state index in [0.29, 0.717) is 22.8 Å². The minimum atomic E-state index is 0. The molecule has 3 N–H and O–H groups in total. The number of nitrogens with two attached hydrogens (primary N) is 1. The number of carbonyl (C=O) groups is 1. The van der Waals surface area contributed by atoms with Crippen LogP contribution in [0.2, 0.25) is 0 Å². The number of carbonyl (C=O) groups excluding carboxylic acids is 1. The predicted octanol–water partition coefficient (Wildman–Crippen LogP) is 3.60. The smallest absolute Gasteiger partial charge is 0.270 e. The Morgan fingerprint density at radius 1 is 1.38 bits per heavy atom. The van der Waals surface area contributed by atoms with Crippen LogP contribution in [0.15, 0.2) is 18.3 Å². The molecule has 1 fully saturated rings. The number of aromatic nitrogens is 2. The Kier molecular flexibility index (Phi) is 7.60. The van der Waals surface area contributed by atoms with Gasteiger partial charge in [0.2, 0.25) is 0 Å². The monoisotopic (exact) mass is 437 g/mol. The highest BCUT2D eigenvalue weighted by molar-refractivity contribution is 7.15. The zero-order chi connectivity index (χ0) is 19.5. The van der Waals surface area contributed by atoms with Crippen molar-refractivity contribution in [1.29, 1.82) is 0 Å². The van der Waals surface area contributed by atoms with E-state index >= 15 is 0 Å². The van der Waals surface area contributed by atoms with Gasteiger partial charge in [0.15, 0.2) is 5.13 Å². The van der Waals surface area contributed by atoms with Crippen LogP contribution in [0.3, 0.4) is 0 Å². The fraction of sp³-hybridized carbons (Fsp3) is 0.619. The number of rotatable bonds is 6. The normalized spacial score (nSPS) is 19.8. The topological polar surface area (TPSA) is 78.2 Å². The van der Waals surface area contributed by atoms with Crippen molar-refractivity contribution in [3.63, 3.8) is 0 Å². The van der Waals surface area contributed by atoms with Crippen molar-refractivity contribution in [1.82, 2.24) is 19.8 Å². The van der Waals surface area contributed by atoms with E-state index in [2.05, 4.69) is 21.8 Å². The quantitative estimate of drug-likeness (QED) is 0.723. The van der Waals surface area contributed by atoms with E-state index < -0.39 is 0 Å². The van der Waals surface area contributed by atoms with Gasteiger partial charge in [-0.05, 0) is 63.1 Å². The average Bonchev–Trinajstić information content (AvgIpc) is 3.36. The van der Waals surface area contributed by atoms with Crippen LogP contribution in [0.1, 0.15) is 53.7 Å². The number of nitrogen functional groups attached to an aromatic ring is 1. The fourth-order valence-electron chi connectivity index (χ4n) is 4.68. The molecule has 0 radical (unpaired) electrons. The summed E-state index contributed by atoms with van der Waals surface area (Å²) in [6.07, 6.45) is 8.51. The van der Waals surface area contributed by atoms with E-state index in [-0.39, 0.29) is 18.3 Å². The van der Waals surface area contributed by atoms with E-state index in [1.165, 1.54) is 23.4 Å². The molecule has 1 aliphatic heterocycles. The van der Waals surface area contributed by atoms with Crippen LogP contribution in [0.4, 0.5) is 5.13 Å². The van der Waals surface area contributed by atoms with Crippen LogP contribution < -0.4 is 5.73 Å². The highest BCUT2D eigenvalue weighted by Gasteiger charge is 2.30. The first-order valence-electron chi connectivity index (χ1n) is 10.5. The number of aryl methyl sites for hydroxylation is 1. The van der Waals surface area contributed by atoms with Gasteiger partial charge >= 0.3 is 0 Å². The summed E-state index contributed by atoms with van der Waals surface area (Å²) in [5, 5.41) is 0.715. The largest absolute Gasteiger partial charge is 0.375 e. The number of halogens is 1. The molecule has 1 aliphatic carbocycles. The van der Waals surface area contributed by atoms with Crippen molar-refractivity contribution in [3.8, 4) is 0 Å². The van der Waals surface area contributed by atoms with Crippen LogP contribution in [-0.4, -0.2) is 57.9 Å². The number of piperidine rings is 1. The van der Waals surface area contributed by atoms with E-state index in [1.807, 2.05) is 23.2 Å². The number of thiazole rings is 1. The second-order valence-electron chi connectivity index (χ2n) is 8.13. The molecule has 6 nitrogen and oxygen atoms in total. The Bertz CT molecular complexity index is 785. The molecule has 0 spiro atoms. The highest BCUT2D eigenvalue weighted by atomic mass is 35.5. The van der Waals surface area contributed by atoms with Crippen LogP contribution in [-0.2, 0) is 12.8 Å². The number of nitrogens with zero attached hydrogens (tertiary/aromatic N) is 3. The van der Waals surface area contributed by atoms with Crippen molar-refractivity contribution in [2.45, 2.75) is 51.5 Å². The van der Waals surface area contributed by atoms with Crippen LogP contribution in [0.25, 0.3) is 0 Å². The second kappa shape index (κ2) is 9.96. The van der Waals surface area contributed by atoms with Crippen LogP contribution in [0.5, 0.6) is 0 Å². The number of fused-ring (bicyclic) bond motifs is 1. The molecule has 0 saturated carbocycles. The molecule has 8 heteroatoms. The number of hydrogen-bond donors (Lipinski definition) is 2. The lowest BCUT2D eigenvalue weighted by molar-refractivity contribution is 0.0637. The molecule has 2 aliphatic rings. The molecule has 2 aromatic rings. The second-order valence-corrected chi connectivity index (χ2v) is 9.25. The lowest BCUT2D eigenvalue weighted by atomic mass is 9.92. The van der Waals surface area contributed by atoms with Gasteiger partial charge in [0.05, 0.1) is 5.69 Å². The molecule has 2 aromatic heterocycles. The average molecular weight is 438 g/mol. The maximum atomic E-state index is 12.5. The van der Waals surface area contributed by atoms with Crippen molar-refractivity contribution < 1.29 is 4.79 Å². The van der Waals surface area contributed by atoms with Crippen LogP contribution in [0, 0.1) is 5.92 Å². The molecule has 3 heterocycles. The third kappa shape index (κ3) is 5.13. The van der Waals surface area contributed by atoms with Crippen molar-refractivity contribution in [2.75, 3.05) is 31.9 Å². The number of anilines is 1. The van der Waals surface area contributed by atoms with Gasteiger partial charge in [-0.1, -0.05) is 6.92 Å². The summed E-state index contributed by atoms with van der Waals surface area (Å²) in [5.74, 6) is 0.809. The third-order valence-electron chi connectivity index (χ3n) is 6.18. The molecule has 0 bridgehead atoms. The third-order valence-corrected chi connectivity index (χ3v) is 7.13. The number of amides is 1. The van der Waals surface area contributed by atoms with Gasteiger partial charge in [0.1, 0.15) is 5.69 Å². The van der Waals surface area contributed by atoms with Gasteiger partial charge in [-0.2, -0.15) is 0 Å². The first kappa shape index (κ1) is 22.1. The first-order chi connectivity index (χ1) is 13.6. The van der Waals surface area contributed by atoms with Gasteiger partial charge in [-0.15, -0.1) is 23.7 Å². The maximum Gasteiger partial charge on any atom is 0.270 e. The van der Waals surface area contributed by atoms with E-state index in [1.54, 1.807) is 11.3 Å². The minimum Gasteiger partial charge on any atom is -0.375 e. The Morgan fingerprint density at radius 3 is 2.86 bits per heavy atom. The van der Waals surface area contributed by atoms with Gasteiger partial charge in [-0.25, -0.2) is 4.98 Å². The fourth-order valence-corrected chi connectivity index (χ4v) is 5.63. The lowest BCUT2D eigenvalue weighted by Crippen LogP contribution is -2.45. The summed E-state index contributed by atoms with van der Waals surface area (Å²) in [6, 6.07) is 4.35. The van der Waals surface area contributed by atoms with E-state index in [0.717, 1.165) is 51.9 Å². The molecule has 0 aromatic carbocycles. The van der Waals surface area contributed by atoms with E-state index in [4.69, 9.17) is 5.73 Å². The molecular weight excluding hydrogens is 406 g/mol. The van der Waals surface area contributed by atoms with Crippen molar-refractivity contribution in [3.05, 3.63) is 34.6 Å². The molecule has 1 amide bonds. The van der Waals surface area contributed by atoms with Gasteiger partial charge < -0.3 is 15.6 Å². The number of H-pyrrole nitrogens is 1. The number of hydrogen-bond acceptors (Lipinski definition) is 5. The Balaban J connectivity index is 0.00000240. The molecular formula is C21H32ClN5OS. The van der Waals surface area contributed by atoms with Gasteiger partial charge in [0, 0.05) is 36.8 Å². The standard InChI is InChI=1S/C21H31N5OS.ClH/c1-2-10-26(16-5-6-17-19(13-16)28-21(22)24-17)14-15-7-11-25(12-8-15)20(27)18-4-3-9-23-18;/h3-4,9,15-16,23H,2,5-8,10-14H2,1H3,(H2,22,24);1H/t16-;/m0./s1. The predicted molar refractivity (Wildman–Crippen MR) is 121 cm³/mol. The summed E-state index contributed by atoms with van der Waals surface area (Å²) < 4.78 is 0. The number of nitrogens with one attached hydrogen (secondary N) is 1. The Hall–Kier alpha value is -1.57. The summed E-state index contributed by atoms with van der Waals surface area (Å²) >= 11 is 1.67. The molecule has 4 rings (SSSR count). The molecule has 1 saturated heterocycles. The summed E-state index contributed by atoms with van der Waals surface area (Å²) in [6.45, 7) is 6.29. The first-order valence-corrected chi connectivity index (χ1v) is 11.4. The summed E-state index contributed by atoms with van der Waals surface area (Å²) in [7, 11) is 0. The van der Waals surface area contributed by atoms with Crippen LogP contribution >= 0.6 is 23.7 Å². The Morgan fingerprint density at radius 2 is 2.17 bits per heavy atom. The molecule has 0 unspecified atom stereocenters.